The monoisotopic (exact) mass is 390 g/mol. The van der Waals surface area contributed by atoms with E-state index in [9.17, 15) is 14.4 Å². The maximum Gasteiger partial charge on any atom is 0.325 e. The van der Waals surface area contributed by atoms with Crippen molar-refractivity contribution >= 4 is 29.4 Å². The lowest BCUT2D eigenvalue weighted by atomic mass is 10.2. The van der Waals surface area contributed by atoms with Crippen molar-refractivity contribution in [3.63, 3.8) is 0 Å². The van der Waals surface area contributed by atoms with Gasteiger partial charge in [-0.15, -0.1) is 0 Å². The Hall–Kier alpha value is -3.06. The van der Waals surface area contributed by atoms with Crippen molar-refractivity contribution in [3.8, 4) is 5.75 Å². The van der Waals surface area contributed by atoms with Gasteiger partial charge in [0.15, 0.2) is 6.61 Å². The summed E-state index contributed by atoms with van der Waals surface area (Å²) in [6, 6.07) is 13.7. The van der Waals surface area contributed by atoms with Gasteiger partial charge >= 0.3 is 5.97 Å². The summed E-state index contributed by atoms with van der Waals surface area (Å²) in [6.45, 7) is -0.538. The highest BCUT2D eigenvalue weighted by molar-refractivity contribution is 6.30. The van der Waals surface area contributed by atoms with Crippen molar-refractivity contribution in [2.75, 3.05) is 20.3 Å². The maximum absolute atomic E-state index is 12.1. The average molecular weight is 391 g/mol. The molecule has 0 unspecified atom stereocenters. The number of halogens is 1. The van der Waals surface area contributed by atoms with E-state index in [-0.39, 0.29) is 13.1 Å². The van der Waals surface area contributed by atoms with Crippen molar-refractivity contribution in [2.45, 2.75) is 6.54 Å². The third-order valence-electron chi connectivity index (χ3n) is 3.49. The number of rotatable bonds is 8. The molecule has 0 saturated heterocycles. The van der Waals surface area contributed by atoms with Crippen molar-refractivity contribution in [2.24, 2.45) is 0 Å². The maximum atomic E-state index is 12.1. The molecule has 8 heteroatoms. The summed E-state index contributed by atoms with van der Waals surface area (Å²) < 4.78 is 9.92. The molecule has 0 bridgehead atoms. The van der Waals surface area contributed by atoms with E-state index in [1.165, 1.54) is 7.11 Å². The highest BCUT2D eigenvalue weighted by Gasteiger charge is 2.14. The van der Waals surface area contributed by atoms with Gasteiger partial charge in [0.2, 0.25) is 0 Å². The number of methoxy groups -OCH3 is 1. The van der Waals surface area contributed by atoms with Gasteiger partial charge in [-0.25, -0.2) is 0 Å². The number of hydrogen-bond donors (Lipinski definition) is 2. The van der Waals surface area contributed by atoms with Crippen molar-refractivity contribution < 1.29 is 23.9 Å². The van der Waals surface area contributed by atoms with Crippen LogP contribution in [-0.2, 0) is 20.9 Å². The molecule has 2 amide bonds. The fourth-order valence-electron chi connectivity index (χ4n) is 2.18. The Morgan fingerprint density at radius 3 is 2.56 bits per heavy atom. The number of hydrogen-bond acceptors (Lipinski definition) is 5. The first-order chi connectivity index (χ1) is 13.0. The smallest absolute Gasteiger partial charge is 0.325 e. The number of nitrogens with one attached hydrogen (secondary N) is 2. The van der Waals surface area contributed by atoms with Gasteiger partial charge in [-0.1, -0.05) is 35.9 Å². The number of esters is 1. The summed E-state index contributed by atoms with van der Waals surface area (Å²) >= 11 is 5.86. The molecule has 0 heterocycles. The Kier molecular flexibility index (Phi) is 7.63. The molecule has 0 aliphatic heterocycles. The average Bonchev–Trinajstić information content (AvgIpc) is 2.68. The minimum atomic E-state index is -0.726. The van der Waals surface area contributed by atoms with E-state index in [4.69, 9.17) is 21.1 Å². The van der Waals surface area contributed by atoms with Crippen LogP contribution in [0.5, 0.6) is 5.75 Å². The lowest BCUT2D eigenvalue weighted by Gasteiger charge is -2.09. The molecular weight excluding hydrogens is 372 g/mol. The van der Waals surface area contributed by atoms with Crippen molar-refractivity contribution in [1.29, 1.82) is 0 Å². The second-order valence-electron chi connectivity index (χ2n) is 5.45. The number of ether oxygens (including phenoxy) is 2. The minimum absolute atomic E-state index is 0.265. The normalized spacial score (nSPS) is 10.0. The highest BCUT2D eigenvalue weighted by atomic mass is 35.5. The van der Waals surface area contributed by atoms with Gasteiger partial charge in [-0.3, -0.25) is 14.4 Å². The largest absolute Gasteiger partial charge is 0.496 e. The Morgan fingerprint density at radius 2 is 1.81 bits per heavy atom. The van der Waals surface area contributed by atoms with Gasteiger partial charge in [0.25, 0.3) is 11.8 Å². The molecule has 0 fully saturated rings. The molecule has 2 aromatic rings. The Balaban J connectivity index is 1.71. The van der Waals surface area contributed by atoms with E-state index in [1.54, 1.807) is 42.5 Å². The van der Waals surface area contributed by atoms with Crippen LogP contribution in [0.25, 0.3) is 0 Å². The van der Waals surface area contributed by atoms with Crippen LogP contribution >= 0.6 is 11.6 Å². The fourth-order valence-corrected chi connectivity index (χ4v) is 2.39. The number of para-hydroxylation sites is 1. The van der Waals surface area contributed by atoms with Gasteiger partial charge in [0, 0.05) is 11.6 Å². The van der Waals surface area contributed by atoms with Crippen LogP contribution in [0.2, 0.25) is 5.02 Å². The SMILES string of the molecule is COc1ccccc1C(=O)NCC(=O)OCC(=O)NCc1cccc(Cl)c1. The van der Waals surface area contributed by atoms with E-state index in [2.05, 4.69) is 10.6 Å². The predicted octanol–water partition coefficient (Wildman–Crippen LogP) is 1.94. The van der Waals surface area contributed by atoms with Crippen molar-refractivity contribution in [3.05, 3.63) is 64.7 Å². The van der Waals surface area contributed by atoms with E-state index in [1.807, 2.05) is 6.07 Å². The Morgan fingerprint density at radius 1 is 1.04 bits per heavy atom. The van der Waals surface area contributed by atoms with E-state index in [0.717, 1.165) is 5.56 Å². The molecule has 142 valence electrons. The van der Waals surface area contributed by atoms with Crippen LogP contribution in [-0.4, -0.2) is 38.0 Å². The molecule has 0 atom stereocenters. The minimum Gasteiger partial charge on any atom is -0.496 e. The summed E-state index contributed by atoms with van der Waals surface area (Å²) in [7, 11) is 1.45. The molecule has 0 aliphatic carbocycles. The number of amides is 2. The molecule has 0 aromatic heterocycles. The summed E-state index contributed by atoms with van der Waals surface area (Å²) in [5, 5.41) is 5.60. The zero-order valence-corrected chi connectivity index (χ0v) is 15.4. The first-order valence-electron chi connectivity index (χ1n) is 8.07. The second kappa shape index (κ2) is 10.2. The van der Waals surface area contributed by atoms with E-state index >= 15 is 0 Å². The van der Waals surface area contributed by atoms with Crippen LogP contribution in [0.3, 0.4) is 0 Å². The summed E-state index contributed by atoms with van der Waals surface area (Å²) in [6.07, 6.45) is 0. The van der Waals surface area contributed by atoms with Crippen LogP contribution in [0.4, 0.5) is 0 Å². The molecule has 2 rings (SSSR count). The molecule has 0 radical (unpaired) electrons. The van der Waals surface area contributed by atoms with Crippen LogP contribution in [0, 0.1) is 0 Å². The summed E-state index contributed by atoms with van der Waals surface area (Å²) in [4.78, 5) is 35.5. The first-order valence-corrected chi connectivity index (χ1v) is 8.45. The Labute approximate surface area is 161 Å². The highest BCUT2D eigenvalue weighted by Crippen LogP contribution is 2.16. The van der Waals surface area contributed by atoms with Crippen LogP contribution in [0.15, 0.2) is 48.5 Å². The van der Waals surface area contributed by atoms with E-state index < -0.39 is 24.4 Å². The number of benzene rings is 2. The van der Waals surface area contributed by atoms with E-state index in [0.29, 0.717) is 16.3 Å². The molecule has 2 aromatic carbocycles. The number of carbonyl (C=O) groups excluding carboxylic acids is 3. The molecule has 2 N–H and O–H groups in total. The lowest BCUT2D eigenvalue weighted by molar-refractivity contribution is -0.147. The zero-order chi connectivity index (χ0) is 19.6. The van der Waals surface area contributed by atoms with Gasteiger partial charge in [-0.05, 0) is 29.8 Å². The predicted molar refractivity (Wildman–Crippen MR) is 99.6 cm³/mol. The van der Waals surface area contributed by atoms with Crippen LogP contribution < -0.4 is 15.4 Å². The molecule has 7 nitrogen and oxygen atoms in total. The third kappa shape index (κ3) is 6.63. The zero-order valence-electron chi connectivity index (χ0n) is 14.7. The first kappa shape index (κ1) is 20.3. The number of carbonyl (C=O) groups is 3. The molecule has 0 spiro atoms. The molecule has 0 saturated carbocycles. The third-order valence-corrected chi connectivity index (χ3v) is 3.72. The molecular formula is C19H19ClN2O5. The summed E-state index contributed by atoms with van der Waals surface area (Å²) in [5.74, 6) is -1.27. The van der Waals surface area contributed by atoms with Gasteiger partial charge in [-0.2, -0.15) is 0 Å². The van der Waals surface area contributed by atoms with Crippen molar-refractivity contribution in [1.82, 2.24) is 10.6 Å². The van der Waals surface area contributed by atoms with Gasteiger partial charge < -0.3 is 20.1 Å². The fraction of sp³-hybridized carbons (Fsp3) is 0.211. The Bertz CT molecular complexity index is 825. The van der Waals surface area contributed by atoms with Gasteiger partial charge in [0.05, 0.1) is 12.7 Å². The molecule has 0 aliphatic rings. The lowest BCUT2D eigenvalue weighted by Crippen LogP contribution is -2.33. The second-order valence-corrected chi connectivity index (χ2v) is 5.89. The summed E-state index contributed by atoms with van der Waals surface area (Å²) in [5.41, 5.74) is 1.12. The standard InChI is InChI=1S/C19H19ClN2O5/c1-26-16-8-3-2-7-15(16)19(25)22-11-18(24)27-12-17(23)21-10-13-5-4-6-14(20)9-13/h2-9H,10-12H2,1H3,(H,21,23)(H,22,25). The molecule has 27 heavy (non-hydrogen) atoms. The topological polar surface area (TPSA) is 93.7 Å². The van der Waals surface area contributed by atoms with Gasteiger partial charge in [0.1, 0.15) is 12.3 Å². The van der Waals surface area contributed by atoms with Crippen LogP contribution in [0.1, 0.15) is 15.9 Å². The quantitative estimate of drug-likeness (QED) is 0.672.